The number of hydrogen-bond acceptors (Lipinski definition) is 7. The van der Waals surface area contributed by atoms with Gasteiger partial charge in [-0.3, -0.25) is 0 Å². The second kappa shape index (κ2) is 15.4. The Bertz CT molecular complexity index is 1570. The minimum Gasteiger partial charge on any atom is -0.497 e. The van der Waals surface area contributed by atoms with Gasteiger partial charge in [-0.2, -0.15) is 0 Å². The molecule has 0 heterocycles. The van der Waals surface area contributed by atoms with Crippen molar-refractivity contribution in [3.05, 3.63) is 132 Å². The van der Waals surface area contributed by atoms with Gasteiger partial charge in [0.25, 0.3) is 0 Å². The summed E-state index contributed by atoms with van der Waals surface area (Å²) in [6, 6.07) is 37.5. The number of aliphatic hydroxyl groups is 1. The van der Waals surface area contributed by atoms with Gasteiger partial charge in [-0.05, 0) is 53.1 Å². The zero-order chi connectivity index (χ0) is 31.5. The fraction of sp³-hybridized carbons (Fsp3) is 0.263. The zero-order valence-electron chi connectivity index (χ0n) is 26.0. The Morgan fingerprint density at radius 2 is 1.11 bits per heavy atom. The molecular formula is C38H40O7. The number of hydrogen-bond donors (Lipinski definition) is 1. The molecule has 0 saturated heterocycles. The largest absolute Gasteiger partial charge is 0.497 e. The zero-order valence-corrected chi connectivity index (χ0v) is 26.0. The molecule has 0 aromatic heterocycles. The Labute approximate surface area is 264 Å². The van der Waals surface area contributed by atoms with Gasteiger partial charge in [0.05, 0.1) is 41.2 Å². The number of fused-ring (bicyclic) bond motifs is 1. The van der Waals surface area contributed by atoms with E-state index in [9.17, 15) is 5.11 Å². The summed E-state index contributed by atoms with van der Waals surface area (Å²) >= 11 is 0. The minimum atomic E-state index is -1.00. The van der Waals surface area contributed by atoms with E-state index < -0.39 is 11.7 Å². The van der Waals surface area contributed by atoms with Gasteiger partial charge >= 0.3 is 0 Å². The molecule has 0 aliphatic carbocycles. The molecule has 0 bridgehead atoms. The van der Waals surface area contributed by atoms with Crippen LogP contribution in [0.1, 0.15) is 23.1 Å². The summed E-state index contributed by atoms with van der Waals surface area (Å²) in [5.41, 5.74) is 1.72. The molecule has 45 heavy (non-hydrogen) atoms. The Balaban J connectivity index is 1.24. The highest BCUT2D eigenvalue weighted by atomic mass is 16.5. The molecule has 1 atom stereocenters. The molecule has 5 aromatic rings. The predicted octanol–water partition coefficient (Wildman–Crippen LogP) is 7.02. The third-order valence-corrected chi connectivity index (χ3v) is 7.73. The van der Waals surface area contributed by atoms with Crippen molar-refractivity contribution < 1.29 is 33.5 Å². The van der Waals surface area contributed by atoms with Crippen LogP contribution in [-0.2, 0) is 15.1 Å². The average molecular weight is 609 g/mol. The monoisotopic (exact) mass is 608 g/mol. The standard InChI is InChI=1S/C38H40O7/c1-40-32-20-16-29(17-21-32)38(28-10-5-4-6-11-28,30-18-22-33(41-2)23-19-30)45-27-31(39)26-43-24-9-25-44-37-15-8-12-34-35(37)13-7-14-36(34)42-3/h4-8,10-23,31,39H,9,24-27H2,1-3H3/t31-/m0/s1. The molecule has 0 amide bonds. The van der Waals surface area contributed by atoms with Crippen molar-refractivity contribution in [2.75, 3.05) is 47.8 Å². The minimum absolute atomic E-state index is 0.0429. The maximum absolute atomic E-state index is 11.0. The third-order valence-electron chi connectivity index (χ3n) is 7.73. The van der Waals surface area contributed by atoms with Crippen molar-refractivity contribution >= 4 is 10.8 Å². The van der Waals surface area contributed by atoms with Gasteiger partial charge in [-0.1, -0.05) is 78.9 Å². The fourth-order valence-corrected chi connectivity index (χ4v) is 5.46. The summed E-state index contributed by atoms with van der Waals surface area (Å²) in [4.78, 5) is 0. The lowest BCUT2D eigenvalue weighted by Gasteiger charge is -2.36. The molecule has 0 fully saturated rings. The normalized spacial score (nSPS) is 12.1. The van der Waals surface area contributed by atoms with E-state index >= 15 is 0 Å². The van der Waals surface area contributed by atoms with Gasteiger partial charge in [0.2, 0.25) is 0 Å². The van der Waals surface area contributed by atoms with Crippen LogP contribution in [0.4, 0.5) is 0 Å². The molecule has 7 heteroatoms. The highest BCUT2D eigenvalue weighted by Crippen LogP contribution is 2.41. The maximum Gasteiger partial charge on any atom is 0.143 e. The van der Waals surface area contributed by atoms with Gasteiger partial charge in [-0.25, -0.2) is 0 Å². The van der Waals surface area contributed by atoms with Crippen molar-refractivity contribution in [2.45, 2.75) is 18.1 Å². The molecule has 5 aromatic carbocycles. The van der Waals surface area contributed by atoms with Crippen LogP contribution < -0.4 is 18.9 Å². The molecule has 5 rings (SSSR count). The van der Waals surface area contributed by atoms with Crippen LogP contribution in [0, 0.1) is 0 Å². The van der Waals surface area contributed by atoms with Gasteiger partial charge < -0.3 is 33.5 Å². The van der Waals surface area contributed by atoms with E-state index in [1.165, 1.54) is 0 Å². The molecule has 1 N–H and O–H groups in total. The molecule has 0 aliphatic rings. The molecule has 0 aliphatic heterocycles. The number of ether oxygens (including phenoxy) is 6. The number of aliphatic hydroxyl groups excluding tert-OH is 1. The summed E-state index contributed by atoms with van der Waals surface area (Å²) in [5.74, 6) is 3.10. The van der Waals surface area contributed by atoms with Crippen molar-refractivity contribution in [3.63, 3.8) is 0 Å². The van der Waals surface area contributed by atoms with Gasteiger partial charge in [0, 0.05) is 23.8 Å². The Morgan fingerprint density at radius 3 is 1.69 bits per heavy atom. The van der Waals surface area contributed by atoms with Crippen molar-refractivity contribution in [2.24, 2.45) is 0 Å². The maximum atomic E-state index is 11.0. The molecule has 0 spiro atoms. The van der Waals surface area contributed by atoms with Gasteiger partial charge in [0.1, 0.15) is 34.7 Å². The van der Waals surface area contributed by atoms with Crippen LogP contribution in [0.25, 0.3) is 10.8 Å². The smallest absolute Gasteiger partial charge is 0.143 e. The molecule has 0 saturated carbocycles. The van der Waals surface area contributed by atoms with Crippen molar-refractivity contribution in [1.82, 2.24) is 0 Å². The van der Waals surface area contributed by atoms with Crippen LogP contribution in [0.3, 0.4) is 0 Å². The van der Waals surface area contributed by atoms with Crippen LogP contribution in [0.5, 0.6) is 23.0 Å². The third kappa shape index (κ3) is 7.40. The van der Waals surface area contributed by atoms with E-state index in [0.717, 1.165) is 50.5 Å². The second-order valence-corrected chi connectivity index (χ2v) is 10.6. The molecule has 0 radical (unpaired) electrons. The summed E-state index contributed by atoms with van der Waals surface area (Å²) in [6.07, 6.45) is -0.185. The molecular weight excluding hydrogens is 568 g/mol. The molecule has 234 valence electrons. The summed E-state index contributed by atoms with van der Waals surface area (Å²) < 4.78 is 35.0. The lowest BCUT2D eigenvalue weighted by molar-refractivity contribution is -0.0645. The number of methoxy groups -OCH3 is 3. The van der Waals surface area contributed by atoms with E-state index in [0.29, 0.717) is 19.6 Å². The van der Waals surface area contributed by atoms with Crippen molar-refractivity contribution in [1.29, 1.82) is 0 Å². The van der Waals surface area contributed by atoms with Gasteiger partial charge in [0.15, 0.2) is 0 Å². The first-order valence-electron chi connectivity index (χ1n) is 15.0. The molecule has 7 nitrogen and oxygen atoms in total. The summed E-state index contributed by atoms with van der Waals surface area (Å²) in [6.45, 7) is 1.09. The number of rotatable bonds is 16. The van der Waals surface area contributed by atoms with Crippen LogP contribution in [-0.4, -0.2) is 59.0 Å². The topological polar surface area (TPSA) is 75.6 Å². The van der Waals surface area contributed by atoms with Gasteiger partial charge in [-0.15, -0.1) is 0 Å². The molecule has 0 unspecified atom stereocenters. The Kier molecular flexibility index (Phi) is 10.9. The van der Waals surface area contributed by atoms with E-state index in [2.05, 4.69) is 0 Å². The first-order chi connectivity index (χ1) is 22.1. The summed E-state index contributed by atoms with van der Waals surface area (Å²) in [5, 5.41) is 13.0. The lowest BCUT2D eigenvalue weighted by Crippen LogP contribution is -2.36. The first kappa shape index (κ1) is 31.9. The highest BCUT2D eigenvalue weighted by molar-refractivity contribution is 5.93. The lowest BCUT2D eigenvalue weighted by atomic mass is 9.80. The van der Waals surface area contributed by atoms with Crippen LogP contribution >= 0.6 is 0 Å². The van der Waals surface area contributed by atoms with Crippen LogP contribution in [0.15, 0.2) is 115 Å². The van der Waals surface area contributed by atoms with E-state index in [-0.39, 0.29) is 13.2 Å². The van der Waals surface area contributed by atoms with E-state index in [1.807, 2.05) is 115 Å². The highest BCUT2D eigenvalue weighted by Gasteiger charge is 2.38. The van der Waals surface area contributed by atoms with E-state index in [1.54, 1.807) is 21.3 Å². The second-order valence-electron chi connectivity index (χ2n) is 10.6. The quantitative estimate of drug-likeness (QED) is 0.0953. The Morgan fingerprint density at radius 1 is 0.556 bits per heavy atom. The van der Waals surface area contributed by atoms with Crippen LogP contribution in [0.2, 0.25) is 0 Å². The summed E-state index contributed by atoms with van der Waals surface area (Å²) in [7, 11) is 4.95. The van der Waals surface area contributed by atoms with E-state index in [4.69, 9.17) is 28.4 Å². The Hall–Kier alpha value is -4.56. The SMILES string of the molecule is COc1ccc(C(OC[C@@H](O)COCCCOc2cccc3c(OC)cccc23)(c2ccccc2)c2ccc(OC)cc2)cc1. The number of benzene rings is 5. The predicted molar refractivity (Wildman–Crippen MR) is 176 cm³/mol. The average Bonchev–Trinajstić information content (AvgIpc) is 3.10. The van der Waals surface area contributed by atoms with Crippen molar-refractivity contribution in [3.8, 4) is 23.0 Å². The fourth-order valence-electron chi connectivity index (χ4n) is 5.46. The first-order valence-corrected chi connectivity index (χ1v) is 15.0.